The van der Waals surface area contributed by atoms with Crippen molar-refractivity contribution in [1.82, 2.24) is 0 Å². The van der Waals surface area contributed by atoms with Crippen molar-refractivity contribution in [2.45, 2.75) is 52.4 Å². The monoisotopic (exact) mass is 288 g/mol. The van der Waals surface area contributed by atoms with Crippen molar-refractivity contribution in [3.05, 3.63) is 35.9 Å². The first-order valence-corrected chi connectivity index (χ1v) is 7.75. The number of carbonyl (C=O) groups is 1. The molecule has 0 saturated heterocycles. The van der Waals surface area contributed by atoms with Crippen LogP contribution in [0.5, 0.6) is 0 Å². The van der Waals surface area contributed by atoms with Crippen molar-refractivity contribution in [2.24, 2.45) is 16.7 Å². The molecule has 114 valence electrons. The Bertz CT molecular complexity index is 510. The van der Waals surface area contributed by atoms with Gasteiger partial charge in [-0.2, -0.15) is 0 Å². The standard InChI is InChI=1S/C18H24O3/c1-17(2)14-9-10-18(17,3)16(15(14)21-12-19)20-11-13-7-5-4-6-8-13/h4-8,12,14-16H,9-11H2,1-3H3/t14-,15-,16-,18-/m0/s1. The van der Waals surface area contributed by atoms with Crippen LogP contribution in [0.25, 0.3) is 0 Å². The fourth-order valence-electron chi connectivity index (χ4n) is 4.49. The molecule has 1 aromatic carbocycles. The second-order valence-corrected chi connectivity index (χ2v) is 7.20. The SMILES string of the molecule is CC1(C)[C@H]2CC[C@@]1(C)[C@@H](OCc1ccccc1)[C@H]2OC=O. The number of rotatable bonds is 5. The third-order valence-corrected chi connectivity index (χ3v) is 6.18. The van der Waals surface area contributed by atoms with E-state index in [1.54, 1.807) is 0 Å². The largest absolute Gasteiger partial charge is 0.461 e. The summed E-state index contributed by atoms with van der Waals surface area (Å²) in [6.07, 6.45) is 2.13. The Labute approximate surface area is 126 Å². The summed E-state index contributed by atoms with van der Waals surface area (Å²) in [5.74, 6) is 0.397. The molecule has 0 N–H and O–H groups in total. The molecule has 3 heteroatoms. The first-order chi connectivity index (χ1) is 10.0. The van der Waals surface area contributed by atoms with Crippen LogP contribution in [0.3, 0.4) is 0 Å². The molecular formula is C18H24O3. The summed E-state index contributed by atoms with van der Waals surface area (Å²) in [6.45, 7) is 8.03. The zero-order valence-electron chi connectivity index (χ0n) is 13.0. The zero-order valence-corrected chi connectivity index (χ0v) is 13.0. The van der Waals surface area contributed by atoms with E-state index in [2.05, 4.69) is 32.9 Å². The highest BCUT2D eigenvalue weighted by atomic mass is 16.6. The Hall–Kier alpha value is -1.35. The molecule has 0 spiro atoms. The molecule has 2 saturated carbocycles. The van der Waals surface area contributed by atoms with Gasteiger partial charge >= 0.3 is 0 Å². The maximum Gasteiger partial charge on any atom is 0.293 e. The van der Waals surface area contributed by atoms with Gasteiger partial charge in [0.15, 0.2) is 0 Å². The van der Waals surface area contributed by atoms with Crippen molar-refractivity contribution in [2.75, 3.05) is 0 Å². The quantitative estimate of drug-likeness (QED) is 0.777. The van der Waals surface area contributed by atoms with E-state index in [1.165, 1.54) is 0 Å². The average Bonchev–Trinajstić information content (AvgIpc) is 2.78. The summed E-state index contributed by atoms with van der Waals surface area (Å²) in [7, 11) is 0. The Morgan fingerprint density at radius 1 is 1.24 bits per heavy atom. The van der Waals surface area contributed by atoms with Gasteiger partial charge in [-0.15, -0.1) is 0 Å². The summed E-state index contributed by atoms with van der Waals surface area (Å²) in [5.41, 5.74) is 1.37. The lowest BCUT2D eigenvalue weighted by atomic mass is 9.70. The number of fused-ring (bicyclic) bond motifs is 2. The molecule has 0 aliphatic heterocycles. The van der Waals surface area contributed by atoms with Crippen molar-refractivity contribution in [1.29, 1.82) is 0 Å². The van der Waals surface area contributed by atoms with Crippen molar-refractivity contribution >= 4 is 6.47 Å². The maximum absolute atomic E-state index is 10.9. The van der Waals surface area contributed by atoms with Crippen molar-refractivity contribution < 1.29 is 14.3 Å². The fourth-order valence-corrected chi connectivity index (χ4v) is 4.49. The Morgan fingerprint density at radius 2 is 1.95 bits per heavy atom. The summed E-state index contributed by atoms with van der Waals surface area (Å²) >= 11 is 0. The second kappa shape index (κ2) is 5.13. The van der Waals surface area contributed by atoms with Crippen LogP contribution in [0.1, 0.15) is 39.2 Å². The first kappa shape index (κ1) is 14.6. The number of ether oxygens (including phenoxy) is 2. The number of hydrogen-bond donors (Lipinski definition) is 0. The number of hydrogen-bond acceptors (Lipinski definition) is 3. The molecule has 2 aliphatic carbocycles. The van der Waals surface area contributed by atoms with E-state index in [9.17, 15) is 4.79 Å². The van der Waals surface area contributed by atoms with Gasteiger partial charge in [0.25, 0.3) is 6.47 Å². The van der Waals surface area contributed by atoms with E-state index in [-0.39, 0.29) is 23.0 Å². The third kappa shape index (κ3) is 2.10. The predicted octanol–water partition coefficient (Wildman–Crippen LogP) is 3.57. The van der Waals surface area contributed by atoms with Gasteiger partial charge in [-0.25, -0.2) is 0 Å². The average molecular weight is 288 g/mol. The zero-order chi connectivity index (χ0) is 15.1. The minimum atomic E-state index is -0.111. The highest BCUT2D eigenvalue weighted by Gasteiger charge is 2.67. The first-order valence-electron chi connectivity index (χ1n) is 7.75. The van der Waals surface area contributed by atoms with E-state index in [0.29, 0.717) is 19.0 Å². The minimum absolute atomic E-state index is 0.0170. The van der Waals surface area contributed by atoms with Gasteiger partial charge in [-0.1, -0.05) is 51.1 Å². The highest BCUT2D eigenvalue weighted by molar-refractivity contribution is 5.38. The van der Waals surface area contributed by atoms with Gasteiger partial charge in [-0.05, 0) is 23.8 Å². The topological polar surface area (TPSA) is 35.5 Å². The van der Waals surface area contributed by atoms with Crippen LogP contribution >= 0.6 is 0 Å². The summed E-state index contributed by atoms with van der Waals surface area (Å²) in [6, 6.07) is 10.2. The molecule has 1 aromatic rings. The molecule has 0 amide bonds. The van der Waals surface area contributed by atoms with Gasteiger partial charge in [0.1, 0.15) is 12.2 Å². The van der Waals surface area contributed by atoms with Crippen LogP contribution in [-0.2, 0) is 20.9 Å². The Kier molecular flexibility index (Phi) is 3.56. The Balaban J connectivity index is 1.80. The normalized spacial score (nSPS) is 36.6. The van der Waals surface area contributed by atoms with Crippen LogP contribution in [-0.4, -0.2) is 18.7 Å². The lowest BCUT2D eigenvalue weighted by molar-refractivity contribution is -0.153. The summed E-state index contributed by atoms with van der Waals surface area (Å²) < 4.78 is 11.7. The van der Waals surface area contributed by atoms with Gasteiger partial charge in [0, 0.05) is 11.3 Å². The third-order valence-electron chi connectivity index (χ3n) is 6.18. The Morgan fingerprint density at radius 3 is 2.62 bits per heavy atom. The molecule has 21 heavy (non-hydrogen) atoms. The van der Waals surface area contributed by atoms with E-state index in [4.69, 9.17) is 9.47 Å². The maximum atomic E-state index is 10.9. The number of carbonyl (C=O) groups excluding carboxylic acids is 1. The molecule has 2 aliphatic rings. The van der Waals surface area contributed by atoms with Gasteiger partial charge in [-0.3, -0.25) is 4.79 Å². The molecular weight excluding hydrogens is 264 g/mol. The van der Waals surface area contributed by atoms with Gasteiger partial charge in [0.05, 0.1) is 6.61 Å². The molecule has 0 aromatic heterocycles. The summed E-state index contributed by atoms with van der Waals surface area (Å²) in [4.78, 5) is 10.9. The smallest absolute Gasteiger partial charge is 0.293 e. The molecule has 0 unspecified atom stereocenters. The molecule has 2 fully saturated rings. The molecule has 3 rings (SSSR count). The van der Waals surface area contributed by atoms with Crippen LogP contribution in [0.2, 0.25) is 0 Å². The van der Waals surface area contributed by atoms with Gasteiger partial charge < -0.3 is 9.47 Å². The lowest BCUT2D eigenvalue weighted by Crippen LogP contribution is -2.42. The summed E-state index contributed by atoms with van der Waals surface area (Å²) in [5, 5.41) is 0. The highest BCUT2D eigenvalue weighted by Crippen LogP contribution is 2.66. The molecule has 2 bridgehead atoms. The molecule has 0 heterocycles. The lowest BCUT2D eigenvalue weighted by Gasteiger charge is -2.39. The van der Waals surface area contributed by atoms with E-state index in [1.807, 2.05) is 18.2 Å². The number of benzene rings is 1. The predicted molar refractivity (Wildman–Crippen MR) is 80.6 cm³/mol. The fraction of sp³-hybridized carbons (Fsp3) is 0.611. The molecule has 3 nitrogen and oxygen atoms in total. The molecule has 4 atom stereocenters. The van der Waals surface area contributed by atoms with Crippen molar-refractivity contribution in [3.63, 3.8) is 0 Å². The van der Waals surface area contributed by atoms with E-state index >= 15 is 0 Å². The van der Waals surface area contributed by atoms with Crippen LogP contribution in [0.15, 0.2) is 30.3 Å². The van der Waals surface area contributed by atoms with E-state index < -0.39 is 0 Å². The second-order valence-electron chi connectivity index (χ2n) is 7.20. The van der Waals surface area contributed by atoms with Gasteiger partial charge in [0.2, 0.25) is 0 Å². The minimum Gasteiger partial charge on any atom is -0.461 e. The van der Waals surface area contributed by atoms with E-state index in [0.717, 1.165) is 18.4 Å². The van der Waals surface area contributed by atoms with Crippen LogP contribution in [0, 0.1) is 16.7 Å². The van der Waals surface area contributed by atoms with Crippen molar-refractivity contribution in [3.8, 4) is 0 Å². The van der Waals surface area contributed by atoms with Crippen LogP contribution < -0.4 is 0 Å². The molecule has 0 radical (unpaired) electrons. The van der Waals surface area contributed by atoms with Crippen LogP contribution in [0.4, 0.5) is 0 Å².